The van der Waals surface area contributed by atoms with Crippen LogP contribution in [0, 0.1) is 0 Å². The maximum absolute atomic E-state index is 11.8. The normalized spacial score (nSPS) is 10.7. The lowest BCUT2D eigenvalue weighted by Gasteiger charge is -2.12. The van der Waals surface area contributed by atoms with E-state index in [1.54, 1.807) is 18.2 Å². The zero-order chi connectivity index (χ0) is 16.8. The summed E-state index contributed by atoms with van der Waals surface area (Å²) in [7, 11) is 0. The minimum absolute atomic E-state index is 0. The van der Waals surface area contributed by atoms with Crippen molar-refractivity contribution < 1.29 is 19.8 Å². The SMILES string of the molecule is Cl.O=C(O)c1cccc2ccc3c4ccccc4cc(C(=O)O)c3c12. The molecule has 0 aliphatic rings. The van der Waals surface area contributed by atoms with Crippen LogP contribution in [-0.4, -0.2) is 22.2 Å². The number of aromatic carboxylic acids is 2. The van der Waals surface area contributed by atoms with Crippen LogP contribution in [0.1, 0.15) is 20.7 Å². The van der Waals surface area contributed by atoms with Crippen molar-refractivity contribution in [3.05, 3.63) is 71.8 Å². The van der Waals surface area contributed by atoms with Crippen molar-refractivity contribution in [3.63, 3.8) is 0 Å². The molecule has 0 saturated carbocycles. The lowest BCUT2D eigenvalue weighted by Crippen LogP contribution is -2.02. The number of hydrogen-bond acceptors (Lipinski definition) is 2. The molecule has 0 unspecified atom stereocenters. The number of halogens is 1. The fourth-order valence-corrected chi connectivity index (χ4v) is 3.33. The lowest BCUT2D eigenvalue weighted by atomic mass is 9.91. The highest BCUT2D eigenvalue weighted by Crippen LogP contribution is 2.36. The number of hydrogen-bond donors (Lipinski definition) is 2. The molecule has 4 aromatic rings. The minimum atomic E-state index is -1.07. The maximum Gasteiger partial charge on any atom is 0.336 e. The van der Waals surface area contributed by atoms with Crippen molar-refractivity contribution >= 4 is 56.7 Å². The second-order valence-corrected chi connectivity index (χ2v) is 5.65. The first-order chi connectivity index (χ1) is 11.6. The molecule has 0 radical (unpaired) electrons. The largest absolute Gasteiger partial charge is 0.478 e. The number of benzene rings is 4. The predicted octanol–water partition coefficient (Wildman–Crippen LogP) is 4.96. The molecule has 4 nitrogen and oxygen atoms in total. The summed E-state index contributed by atoms with van der Waals surface area (Å²) in [6, 6.07) is 17.8. The van der Waals surface area contributed by atoms with Gasteiger partial charge in [-0.05, 0) is 33.7 Å². The predicted molar refractivity (Wildman–Crippen MR) is 100 cm³/mol. The van der Waals surface area contributed by atoms with E-state index in [-0.39, 0.29) is 23.5 Å². The van der Waals surface area contributed by atoms with Gasteiger partial charge in [0.1, 0.15) is 0 Å². The van der Waals surface area contributed by atoms with Crippen LogP contribution >= 0.6 is 12.4 Å². The van der Waals surface area contributed by atoms with Gasteiger partial charge < -0.3 is 10.2 Å². The Morgan fingerprint density at radius 2 is 1.32 bits per heavy atom. The van der Waals surface area contributed by atoms with Gasteiger partial charge in [0.25, 0.3) is 0 Å². The summed E-state index contributed by atoms with van der Waals surface area (Å²) in [5.41, 5.74) is 0.221. The summed E-state index contributed by atoms with van der Waals surface area (Å²) < 4.78 is 0. The van der Waals surface area contributed by atoms with Crippen LogP contribution in [-0.2, 0) is 0 Å². The number of carboxylic acids is 2. The van der Waals surface area contributed by atoms with E-state index in [4.69, 9.17) is 0 Å². The Kier molecular flexibility index (Phi) is 4.07. The van der Waals surface area contributed by atoms with E-state index in [2.05, 4.69) is 0 Å². The molecule has 4 aromatic carbocycles. The molecule has 0 heterocycles. The molecule has 0 amide bonds. The van der Waals surface area contributed by atoms with E-state index in [0.29, 0.717) is 16.2 Å². The van der Waals surface area contributed by atoms with E-state index in [0.717, 1.165) is 16.2 Å². The molecule has 0 spiro atoms. The molecule has 5 heteroatoms. The average Bonchev–Trinajstić information content (AvgIpc) is 2.59. The molecule has 0 atom stereocenters. The number of carbonyl (C=O) groups is 2. The molecule has 0 fully saturated rings. The summed E-state index contributed by atoms with van der Waals surface area (Å²) in [5.74, 6) is -2.14. The van der Waals surface area contributed by atoms with Gasteiger partial charge in [0.2, 0.25) is 0 Å². The van der Waals surface area contributed by atoms with Gasteiger partial charge in [-0.2, -0.15) is 0 Å². The van der Waals surface area contributed by atoms with Gasteiger partial charge >= 0.3 is 11.9 Å². The molecule has 0 saturated heterocycles. The first-order valence-electron chi connectivity index (χ1n) is 7.41. The second kappa shape index (κ2) is 6.07. The highest BCUT2D eigenvalue weighted by atomic mass is 35.5. The zero-order valence-corrected chi connectivity index (χ0v) is 13.7. The monoisotopic (exact) mass is 352 g/mol. The van der Waals surface area contributed by atoms with Gasteiger partial charge in [0.05, 0.1) is 11.1 Å². The number of carboxylic acid groups (broad SMARTS) is 2. The van der Waals surface area contributed by atoms with Gasteiger partial charge in [-0.25, -0.2) is 9.59 Å². The van der Waals surface area contributed by atoms with Crippen LogP contribution in [0.3, 0.4) is 0 Å². The second-order valence-electron chi connectivity index (χ2n) is 5.65. The number of fused-ring (bicyclic) bond motifs is 5. The van der Waals surface area contributed by atoms with Crippen molar-refractivity contribution in [1.82, 2.24) is 0 Å². The summed E-state index contributed by atoms with van der Waals surface area (Å²) in [5, 5.41) is 23.3. The summed E-state index contributed by atoms with van der Waals surface area (Å²) in [4.78, 5) is 23.5. The fraction of sp³-hybridized carbons (Fsp3) is 0. The topological polar surface area (TPSA) is 74.6 Å². The van der Waals surface area contributed by atoms with Crippen LogP contribution in [0.4, 0.5) is 0 Å². The Morgan fingerprint density at radius 3 is 2.04 bits per heavy atom. The highest BCUT2D eigenvalue weighted by molar-refractivity contribution is 6.26. The smallest absolute Gasteiger partial charge is 0.336 e. The molecule has 25 heavy (non-hydrogen) atoms. The molecular weight excluding hydrogens is 340 g/mol. The Balaban J connectivity index is 0.00000182. The van der Waals surface area contributed by atoms with Crippen molar-refractivity contribution in [3.8, 4) is 0 Å². The van der Waals surface area contributed by atoms with Crippen LogP contribution in [0.15, 0.2) is 60.7 Å². The third-order valence-corrected chi connectivity index (χ3v) is 4.33. The van der Waals surface area contributed by atoms with Gasteiger partial charge in [-0.3, -0.25) is 0 Å². The van der Waals surface area contributed by atoms with E-state index >= 15 is 0 Å². The van der Waals surface area contributed by atoms with Gasteiger partial charge in [0, 0.05) is 10.8 Å². The summed E-state index contributed by atoms with van der Waals surface area (Å²) >= 11 is 0. The van der Waals surface area contributed by atoms with Crippen molar-refractivity contribution in [2.45, 2.75) is 0 Å². The van der Waals surface area contributed by atoms with E-state index in [9.17, 15) is 19.8 Å². The maximum atomic E-state index is 11.8. The fourth-order valence-electron chi connectivity index (χ4n) is 3.33. The van der Waals surface area contributed by atoms with Crippen molar-refractivity contribution in [1.29, 1.82) is 0 Å². The lowest BCUT2D eigenvalue weighted by molar-refractivity contribution is 0.0687. The molecule has 2 N–H and O–H groups in total. The van der Waals surface area contributed by atoms with Crippen molar-refractivity contribution in [2.24, 2.45) is 0 Å². The zero-order valence-electron chi connectivity index (χ0n) is 12.9. The number of rotatable bonds is 2. The van der Waals surface area contributed by atoms with E-state index < -0.39 is 11.9 Å². The van der Waals surface area contributed by atoms with Gasteiger partial charge in [-0.15, -0.1) is 12.4 Å². The van der Waals surface area contributed by atoms with Crippen LogP contribution < -0.4 is 0 Å². The summed E-state index contributed by atoms with van der Waals surface area (Å²) in [6.45, 7) is 0. The Labute approximate surface area is 148 Å². The Bertz CT molecular complexity index is 1160. The first kappa shape index (κ1) is 16.7. The molecule has 4 rings (SSSR count). The highest BCUT2D eigenvalue weighted by Gasteiger charge is 2.18. The molecule has 0 aliphatic carbocycles. The van der Waals surface area contributed by atoms with Gasteiger partial charge in [0.15, 0.2) is 0 Å². The first-order valence-corrected chi connectivity index (χ1v) is 7.41. The average molecular weight is 353 g/mol. The third-order valence-electron chi connectivity index (χ3n) is 4.33. The molecular formula is C20H13ClO4. The van der Waals surface area contributed by atoms with Crippen LogP contribution in [0.5, 0.6) is 0 Å². The molecule has 0 bridgehead atoms. The Morgan fingerprint density at radius 1 is 0.640 bits per heavy atom. The Hall–Kier alpha value is -3.11. The van der Waals surface area contributed by atoms with E-state index in [1.807, 2.05) is 36.4 Å². The molecule has 0 aromatic heterocycles. The quantitative estimate of drug-likeness (QED) is 0.500. The minimum Gasteiger partial charge on any atom is -0.478 e. The van der Waals surface area contributed by atoms with E-state index in [1.165, 1.54) is 6.07 Å². The van der Waals surface area contributed by atoms with Crippen LogP contribution in [0.2, 0.25) is 0 Å². The molecule has 0 aliphatic heterocycles. The molecule has 124 valence electrons. The standard InChI is InChI=1S/C20H12O4.ClH/c21-19(22)15-7-3-5-11-8-9-14-13-6-2-1-4-12(13)10-16(20(23)24)18(14)17(11)15;/h1-10H,(H,21,22)(H,23,24);1H. The summed E-state index contributed by atoms with van der Waals surface area (Å²) in [6.07, 6.45) is 0. The third kappa shape index (κ3) is 2.47. The van der Waals surface area contributed by atoms with Gasteiger partial charge in [-0.1, -0.05) is 48.5 Å². The van der Waals surface area contributed by atoms with Crippen LogP contribution in [0.25, 0.3) is 32.3 Å². The van der Waals surface area contributed by atoms with Crippen molar-refractivity contribution in [2.75, 3.05) is 0 Å².